The van der Waals surface area contributed by atoms with E-state index in [9.17, 15) is 0 Å². The first-order valence-corrected chi connectivity index (χ1v) is 12.3. The van der Waals surface area contributed by atoms with Crippen molar-refractivity contribution in [3.05, 3.63) is 0 Å². The maximum absolute atomic E-state index is 6.01. The maximum Gasteiger partial charge on any atom is 0.0924 e. The van der Waals surface area contributed by atoms with Crippen molar-refractivity contribution in [2.24, 2.45) is 0 Å². The smallest absolute Gasteiger partial charge is 0.0924 e. The predicted molar refractivity (Wildman–Crippen MR) is 117 cm³/mol. The van der Waals surface area contributed by atoms with E-state index in [0.717, 1.165) is 35.9 Å². The molecule has 0 atom stereocenters. The van der Waals surface area contributed by atoms with Crippen molar-refractivity contribution in [3.63, 3.8) is 0 Å². The summed E-state index contributed by atoms with van der Waals surface area (Å²) in [6, 6.07) is 0. The van der Waals surface area contributed by atoms with Gasteiger partial charge in [0.2, 0.25) is 0 Å². The van der Waals surface area contributed by atoms with Gasteiger partial charge in [0.25, 0.3) is 0 Å². The minimum Gasteiger partial charge on any atom is -0.322 e. The first-order chi connectivity index (χ1) is 12.2. The van der Waals surface area contributed by atoms with E-state index in [4.69, 9.17) is 23.2 Å². The normalized spacial score (nSPS) is 12.0. The van der Waals surface area contributed by atoms with Gasteiger partial charge in [0, 0.05) is 0 Å². The van der Waals surface area contributed by atoms with E-state index in [1.165, 1.54) is 96.4 Å². The number of quaternary nitrogens is 1. The number of hydrogen-bond donors (Lipinski definition) is 0. The molecule has 0 rings (SSSR count). The lowest BCUT2D eigenvalue weighted by Gasteiger charge is -2.37. The van der Waals surface area contributed by atoms with E-state index in [0.29, 0.717) is 0 Å². The number of nitrogens with zero attached hydrogens (tertiary/aromatic N) is 1. The Morgan fingerprint density at radius 3 is 1.16 bits per heavy atom. The van der Waals surface area contributed by atoms with Crippen molar-refractivity contribution in [1.29, 1.82) is 0 Å². The van der Waals surface area contributed by atoms with Crippen molar-refractivity contribution < 1.29 is 4.48 Å². The topological polar surface area (TPSA) is 0 Å². The Morgan fingerprint density at radius 2 is 0.840 bits per heavy atom. The number of unbranched alkanes of at least 4 members (excludes halogenated alkanes) is 13. The minimum absolute atomic E-state index is 0.753. The zero-order valence-corrected chi connectivity index (χ0v) is 18.9. The van der Waals surface area contributed by atoms with Crippen LogP contribution < -0.4 is 0 Å². The van der Waals surface area contributed by atoms with Gasteiger partial charge < -0.3 is 4.48 Å². The van der Waals surface area contributed by atoms with Gasteiger partial charge in [-0.1, -0.05) is 84.0 Å². The molecule has 0 saturated carbocycles. The molecule has 0 aromatic rings. The summed E-state index contributed by atoms with van der Waals surface area (Å²) in [6.45, 7) is 9.14. The van der Waals surface area contributed by atoms with Gasteiger partial charge in [-0.3, -0.25) is 0 Å². The molecule has 0 aliphatic rings. The number of rotatable bonds is 20. The molecule has 0 fully saturated rings. The molecule has 0 aromatic carbocycles. The van der Waals surface area contributed by atoms with Crippen molar-refractivity contribution in [2.75, 3.05) is 37.9 Å². The van der Waals surface area contributed by atoms with E-state index >= 15 is 0 Å². The molecule has 25 heavy (non-hydrogen) atoms. The van der Waals surface area contributed by atoms with Crippen LogP contribution in [0, 0.1) is 0 Å². The highest BCUT2D eigenvalue weighted by molar-refractivity contribution is 6.18. The summed E-state index contributed by atoms with van der Waals surface area (Å²) in [5, 5.41) is 0. The van der Waals surface area contributed by atoms with Crippen molar-refractivity contribution >= 4 is 23.2 Å². The fourth-order valence-electron chi connectivity index (χ4n) is 3.81. The molecule has 0 amide bonds. The average Bonchev–Trinajstić information content (AvgIpc) is 2.62. The molecule has 3 heteroatoms. The molecule has 152 valence electrons. The first-order valence-electron chi connectivity index (χ1n) is 11.2. The minimum atomic E-state index is 0.753. The Morgan fingerprint density at radius 1 is 0.480 bits per heavy atom. The molecule has 0 heterocycles. The van der Waals surface area contributed by atoms with Gasteiger partial charge in [0.15, 0.2) is 0 Å². The van der Waals surface area contributed by atoms with Crippen LogP contribution >= 0.6 is 23.2 Å². The summed E-state index contributed by atoms with van der Waals surface area (Å²) in [7, 11) is 0. The molecule has 0 saturated heterocycles. The summed E-state index contributed by atoms with van der Waals surface area (Å²) in [5.41, 5.74) is 0. The second kappa shape index (κ2) is 19.3. The Bertz CT molecular complexity index is 252. The monoisotopic (exact) mass is 394 g/mol. The second-order valence-corrected chi connectivity index (χ2v) is 8.56. The van der Waals surface area contributed by atoms with Crippen LogP contribution in [0.5, 0.6) is 0 Å². The maximum atomic E-state index is 6.01. The molecule has 0 aliphatic carbocycles. The summed E-state index contributed by atoms with van der Waals surface area (Å²) < 4.78 is 1.12. The summed E-state index contributed by atoms with van der Waals surface area (Å²) in [6.07, 6.45) is 19.9. The highest BCUT2D eigenvalue weighted by Crippen LogP contribution is 2.15. The molecule has 1 nitrogen and oxygen atoms in total. The van der Waals surface area contributed by atoms with Crippen molar-refractivity contribution in [3.8, 4) is 0 Å². The third-order valence-electron chi connectivity index (χ3n) is 5.77. The Balaban J connectivity index is 3.42. The predicted octanol–water partition coefficient (Wildman–Crippen LogP) is 7.78. The van der Waals surface area contributed by atoms with Gasteiger partial charge in [-0.05, 0) is 19.8 Å². The Labute approximate surface area is 169 Å². The fourth-order valence-corrected chi connectivity index (χ4v) is 4.53. The molecular weight excluding hydrogens is 349 g/mol. The molecule has 0 N–H and O–H groups in total. The summed E-state index contributed by atoms with van der Waals surface area (Å²) in [4.78, 5) is 0. The van der Waals surface area contributed by atoms with E-state index in [1.54, 1.807) is 0 Å². The van der Waals surface area contributed by atoms with Gasteiger partial charge in [-0.15, -0.1) is 23.2 Å². The highest BCUT2D eigenvalue weighted by Gasteiger charge is 2.23. The van der Waals surface area contributed by atoms with Crippen LogP contribution in [0.25, 0.3) is 0 Å². The third kappa shape index (κ3) is 15.3. The van der Waals surface area contributed by atoms with Crippen LogP contribution in [0.2, 0.25) is 0 Å². The van der Waals surface area contributed by atoms with Gasteiger partial charge in [-0.2, -0.15) is 0 Å². The van der Waals surface area contributed by atoms with Crippen LogP contribution in [0.1, 0.15) is 104 Å². The third-order valence-corrected chi connectivity index (χ3v) is 6.11. The van der Waals surface area contributed by atoms with Gasteiger partial charge >= 0.3 is 0 Å². The van der Waals surface area contributed by atoms with Crippen molar-refractivity contribution in [2.45, 2.75) is 104 Å². The molecule has 0 bridgehead atoms. The average molecular weight is 396 g/mol. The second-order valence-electron chi connectivity index (χ2n) is 7.80. The van der Waals surface area contributed by atoms with Gasteiger partial charge in [0.1, 0.15) is 0 Å². The number of halogens is 2. The van der Waals surface area contributed by atoms with Crippen LogP contribution in [-0.4, -0.2) is 42.4 Å². The number of alkyl halides is 2. The molecule has 0 aromatic heterocycles. The summed E-state index contributed by atoms with van der Waals surface area (Å²) in [5.74, 6) is 1.51. The van der Waals surface area contributed by atoms with Crippen molar-refractivity contribution in [1.82, 2.24) is 0 Å². The van der Waals surface area contributed by atoms with E-state index < -0.39 is 0 Å². The van der Waals surface area contributed by atoms with Crippen LogP contribution in [0.15, 0.2) is 0 Å². The lowest BCUT2D eigenvalue weighted by molar-refractivity contribution is -0.922. The largest absolute Gasteiger partial charge is 0.322 e. The van der Waals surface area contributed by atoms with Crippen LogP contribution in [-0.2, 0) is 0 Å². The lowest BCUT2D eigenvalue weighted by Crippen LogP contribution is -2.51. The van der Waals surface area contributed by atoms with Crippen LogP contribution in [0.4, 0.5) is 0 Å². The SMILES string of the molecule is CCCCCCCCCCCCCCCC[N+](CC)(CCCl)CCCl. The lowest BCUT2D eigenvalue weighted by atomic mass is 10.0. The van der Waals surface area contributed by atoms with E-state index in [-0.39, 0.29) is 0 Å². The molecule has 0 aliphatic heterocycles. The first kappa shape index (κ1) is 25.5. The Hall–Kier alpha value is 0.540. The highest BCUT2D eigenvalue weighted by atomic mass is 35.5. The number of hydrogen-bond acceptors (Lipinski definition) is 0. The van der Waals surface area contributed by atoms with Gasteiger partial charge in [-0.25, -0.2) is 0 Å². The molecule has 0 spiro atoms. The summed E-state index contributed by atoms with van der Waals surface area (Å²) >= 11 is 12.0. The molecule has 0 unspecified atom stereocenters. The zero-order valence-electron chi connectivity index (χ0n) is 17.3. The molecule has 0 radical (unpaired) electrons. The van der Waals surface area contributed by atoms with Gasteiger partial charge in [0.05, 0.1) is 37.9 Å². The van der Waals surface area contributed by atoms with Crippen LogP contribution in [0.3, 0.4) is 0 Å². The zero-order chi connectivity index (χ0) is 18.6. The quantitative estimate of drug-likeness (QED) is 0.112. The standard InChI is InChI=1S/C22H46Cl2N/c1-3-5-6-7-8-9-10-11-12-13-14-15-16-17-20-25(4-2,21-18-23)22-19-24/h3-22H2,1-2H3/q+1. The van der Waals surface area contributed by atoms with E-state index in [1.807, 2.05) is 0 Å². The fraction of sp³-hybridized carbons (Fsp3) is 1.00. The van der Waals surface area contributed by atoms with E-state index in [2.05, 4.69) is 13.8 Å². The Kier molecular flexibility index (Phi) is 19.7. The molecular formula is C22H46Cl2N+.